The van der Waals surface area contributed by atoms with Crippen molar-refractivity contribution >= 4 is 49.8 Å². The molecular weight excluding hydrogens is 450 g/mol. The molecule has 0 fully saturated rings. The number of pyridine rings is 1. The minimum Gasteiger partial charge on any atom is -0.384 e. The molecule has 2 heterocycles. The zero-order valence-corrected chi connectivity index (χ0v) is 18.1. The maximum Gasteiger partial charge on any atom is 0.263 e. The van der Waals surface area contributed by atoms with Gasteiger partial charge in [-0.05, 0) is 42.7 Å². The van der Waals surface area contributed by atoms with E-state index in [9.17, 15) is 17.2 Å². The summed E-state index contributed by atoms with van der Waals surface area (Å²) in [5, 5.41) is 7.56. The third-order valence-electron chi connectivity index (χ3n) is 4.77. The SMILES string of the molecule is C[C@H](CS(=O)(=O)[C@@](C)(F)C(=N)N)c1cc(Nc2ncnc3cc(Cl)cnc23)ccc1F. The van der Waals surface area contributed by atoms with E-state index in [1.807, 2.05) is 0 Å². The van der Waals surface area contributed by atoms with Crippen LogP contribution in [0.3, 0.4) is 0 Å². The third kappa shape index (κ3) is 4.57. The van der Waals surface area contributed by atoms with Gasteiger partial charge in [-0.25, -0.2) is 32.2 Å². The monoisotopic (exact) mass is 468 g/mol. The van der Waals surface area contributed by atoms with Gasteiger partial charge in [-0.1, -0.05) is 18.5 Å². The van der Waals surface area contributed by atoms with Crippen molar-refractivity contribution in [3.05, 3.63) is 53.2 Å². The van der Waals surface area contributed by atoms with Crippen molar-refractivity contribution < 1.29 is 17.2 Å². The molecule has 31 heavy (non-hydrogen) atoms. The lowest BCUT2D eigenvalue weighted by molar-refractivity contribution is 0.375. The molecule has 164 valence electrons. The van der Waals surface area contributed by atoms with E-state index < -0.39 is 38.2 Å². The fraction of sp³-hybridized carbons (Fsp3) is 0.263. The maximum absolute atomic E-state index is 14.5. The molecule has 4 N–H and O–H groups in total. The second-order valence-electron chi connectivity index (χ2n) is 7.12. The van der Waals surface area contributed by atoms with Crippen LogP contribution in [0.2, 0.25) is 5.02 Å². The molecule has 2 aromatic heterocycles. The highest BCUT2D eigenvalue weighted by molar-refractivity contribution is 7.93. The third-order valence-corrected chi connectivity index (χ3v) is 7.30. The number of amidine groups is 1. The number of rotatable bonds is 7. The van der Waals surface area contributed by atoms with E-state index in [1.165, 1.54) is 31.6 Å². The smallest absolute Gasteiger partial charge is 0.263 e. The van der Waals surface area contributed by atoms with Crippen LogP contribution in [0.15, 0.2) is 36.8 Å². The number of hydrogen-bond donors (Lipinski definition) is 3. The Balaban J connectivity index is 1.92. The standard InChI is InChI=1S/C19H19ClF2N6O2S/c1-10(8-31(29,30)19(2,22)18(23)24)13-6-12(3-4-14(13)21)28-17-16-15(26-9-27-17)5-11(20)7-25-16/h3-7,9-10H,8H2,1-2H3,(H3,23,24)(H,26,27,28)/t10-,19-/m1/s1. The molecule has 3 rings (SSSR count). The normalized spacial score (nSPS) is 14.7. The lowest BCUT2D eigenvalue weighted by Gasteiger charge is -2.22. The lowest BCUT2D eigenvalue weighted by atomic mass is 10.0. The zero-order chi connectivity index (χ0) is 23.0. The van der Waals surface area contributed by atoms with Crippen molar-refractivity contribution in [1.29, 1.82) is 5.41 Å². The van der Waals surface area contributed by atoms with Crippen molar-refractivity contribution in [1.82, 2.24) is 15.0 Å². The van der Waals surface area contributed by atoms with Crippen LogP contribution in [-0.4, -0.2) is 40.0 Å². The fourth-order valence-corrected chi connectivity index (χ4v) is 4.53. The molecule has 0 radical (unpaired) electrons. The molecule has 0 aliphatic heterocycles. The van der Waals surface area contributed by atoms with Gasteiger partial charge in [-0.15, -0.1) is 0 Å². The number of fused-ring (bicyclic) bond motifs is 1. The summed E-state index contributed by atoms with van der Waals surface area (Å²) in [5.41, 5.74) is 6.47. The molecule has 0 saturated heterocycles. The van der Waals surface area contributed by atoms with Crippen LogP contribution in [0.5, 0.6) is 0 Å². The van der Waals surface area contributed by atoms with Crippen molar-refractivity contribution in [3.8, 4) is 0 Å². The highest BCUT2D eigenvalue weighted by atomic mass is 35.5. The quantitative estimate of drug-likeness (QED) is 0.355. The second kappa shape index (κ2) is 8.31. The second-order valence-corrected chi connectivity index (χ2v) is 9.88. The minimum absolute atomic E-state index is 0.0438. The summed E-state index contributed by atoms with van der Waals surface area (Å²) in [6.45, 7) is 2.14. The summed E-state index contributed by atoms with van der Waals surface area (Å²) in [7, 11) is -4.47. The molecule has 0 saturated carbocycles. The Morgan fingerprint density at radius 1 is 1.32 bits per heavy atom. The van der Waals surface area contributed by atoms with Crippen LogP contribution in [0, 0.1) is 11.2 Å². The highest BCUT2D eigenvalue weighted by Gasteiger charge is 2.43. The Kier molecular flexibility index (Phi) is 6.10. The number of anilines is 2. The average Bonchev–Trinajstić information content (AvgIpc) is 2.68. The van der Waals surface area contributed by atoms with Gasteiger partial charge in [-0.3, -0.25) is 5.41 Å². The van der Waals surface area contributed by atoms with Crippen LogP contribution in [0.25, 0.3) is 11.0 Å². The molecule has 8 nitrogen and oxygen atoms in total. The van der Waals surface area contributed by atoms with E-state index in [1.54, 1.807) is 6.07 Å². The summed E-state index contributed by atoms with van der Waals surface area (Å²) in [5.74, 6) is -3.10. The van der Waals surface area contributed by atoms with E-state index in [4.69, 9.17) is 22.7 Å². The Labute approximate surface area is 182 Å². The predicted molar refractivity (Wildman–Crippen MR) is 116 cm³/mol. The average molecular weight is 469 g/mol. The zero-order valence-electron chi connectivity index (χ0n) is 16.5. The van der Waals surface area contributed by atoms with E-state index in [0.717, 1.165) is 6.07 Å². The van der Waals surface area contributed by atoms with E-state index >= 15 is 0 Å². The number of nitrogens with zero attached hydrogens (tertiary/aromatic N) is 3. The van der Waals surface area contributed by atoms with Crippen molar-refractivity contribution in [2.45, 2.75) is 24.8 Å². The maximum atomic E-state index is 14.5. The van der Waals surface area contributed by atoms with Gasteiger partial charge in [0, 0.05) is 11.9 Å². The predicted octanol–water partition coefficient (Wildman–Crippen LogP) is 3.70. The Morgan fingerprint density at radius 2 is 2.03 bits per heavy atom. The van der Waals surface area contributed by atoms with Crippen molar-refractivity contribution in [2.75, 3.05) is 11.1 Å². The van der Waals surface area contributed by atoms with Gasteiger partial charge in [0.2, 0.25) is 0 Å². The van der Waals surface area contributed by atoms with Gasteiger partial charge in [0.25, 0.3) is 5.00 Å². The molecule has 0 spiro atoms. The number of alkyl halides is 1. The fourth-order valence-electron chi connectivity index (χ4n) is 2.89. The summed E-state index contributed by atoms with van der Waals surface area (Å²) < 4.78 is 53.6. The summed E-state index contributed by atoms with van der Waals surface area (Å²) in [6.07, 6.45) is 2.75. The largest absolute Gasteiger partial charge is 0.384 e. The first-order chi connectivity index (χ1) is 14.4. The highest BCUT2D eigenvalue weighted by Crippen LogP contribution is 2.30. The molecule has 1 aromatic carbocycles. The number of aromatic nitrogens is 3. The lowest BCUT2D eigenvalue weighted by Crippen LogP contribution is -2.45. The molecule has 3 aromatic rings. The topological polar surface area (TPSA) is 135 Å². The van der Waals surface area contributed by atoms with Gasteiger partial charge in [0.15, 0.2) is 15.7 Å². The van der Waals surface area contributed by atoms with Crippen molar-refractivity contribution in [3.63, 3.8) is 0 Å². The van der Waals surface area contributed by atoms with Crippen LogP contribution in [0.1, 0.15) is 25.3 Å². The first-order valence-corrected chi connectivity index (χ1v) is 11.0. The first kappa shape index (κ1) is 22.8. The molecule has 12 heteroatoms. The summed E-state index contributed by atoms with van der Waals surface area (Å²) >= 11 is 5.93. The van der Waals surface area contributed by atoms with Crippen LogP contribution < -0.4 is 11.1 Å². The molecule has 0 aliphatic rings. The first-order valence-electron chi connectivity index (χ1n) is 9.01. The number of halogens is 3. The Hall–Kier alpha value is -2.92. The number of hydrogen-bond acceptors (Lipinski definition) is 7. The number of benzene rings is 1. The number of nitrogens with one attached hydrogen (secondary N) is 2. The number of sulfone groups is 1. The molecular formula is C19H19ClF2N6O2S. The van der Waals surface area contributed by atoms with E-state index in [0.29, 0.717) is 34.5 Å². The minimum atomic E-state index is -4.47. The van der Waals surface area contributed by atoms with Crippen molar-refractivity contribution in [2.24, 2.45) is 5.73 Å². The Bertz CT molecular complexity index is 1270. The van der Waals surface area contributed by atoms with Gasteiger partial charge in [-0.2, -0.15) is 0 Å². The number of nitrogens with two attached hydrogens (primary N) is 1. The van der Waals surface area contributed by atoms with Crippen LogP contribution in [0.4, 0.5) is 20.3 Å². The van der Waals surface area contributed by atoms with Crippen LogP contribution in [-0.2, 0) is 9.84 Å². The molecule has 0 aliphatic carbocycles. The van der Waals surface area contributed by atoms with Gasteiger partial charge in [0.05, 0.1) is 16.3 Å². The van der Waals surface area contributed by atoms with Gasteiger partial charge < -0.3 is 11.1 Å². The van der Waals surface area contributed by atoms with E-state index in [2.05, 4.69) is 20.3 Å². The molecule has 0 bridgehead atoms. The summed E-state index contributed by atoms with van der Waals surface area (Å²) in [4.78, 5) is 12.4. The van der Waals surface area contributed by atoms with Crippen LogP contribution >= 0.6 is 11.6 Å². The summed E-state index contributed by atoms with van der Waals surface area (Å²) in [6, 6.07) is 5.62. The molecule has 0 amide bonds. The Morgan fingerprint density at radius 3 is 2.71 bits per heavy atom. The van der Waals surface area contributed by atoms with Gasteiger partial charge in [0.1, 0.15) is 23.5 Å². The molecule has 0 unspecified atom stereocenters. The molecule has 2 atom stereocenters. The van der Waals surface area contributed by atoms with Gasteiger partial charge >= 0.3 is 0 Å². The van der Waals surface area contributed by atoms with E-state index in [-0.39, 0.29) is 5.56 Å².